The molecule has 12 heavy (non-hydrogen) atoms. The third-order valence-electron chi connectivity index (χ3n) is 2.07. The highest BCUT2D eigenvalue weighted by molar-refractivity contribution is 9.10. The Hall–Kier alpha value is -0.350. The molecule has 0 spiro atoms. The molecule has 2 rings (SSSR count). The Bertz CT molecular complexity index is 255. The van der Waals surface area contributed by atoms with E-state index in [1.165, 1.54) is 0 Å². The summed E-state index contributed by atoms with van der Waals surface area (Å²) in [4.78, 5) is 4.17. The molecule has 0 saturated carbocycles. The normalized spacial score (nSPS) is 19.8. The van der Waals surface area contributed by atoms with Crippen LogP contribution in [-0.2, 0) is 4.74 Å². The van der Waals surface area contributed by atoms with Crippen LogP contribution in [0.2, 0.25) is 0 Å². The van der Waals surface area contributed by atoms with E-state index in [-0.39, 0.29) is 0 Å². The van der Waals surface area contributed by atoms with Gasteiger partial charge in [-0.05, 0) is 28.8 Å². The maximum Gasteiger partial charge on any atom is 0.198 e. The third-order valence-corrected chi connectivity index (χ3v) is 2.43. The van der Waals surface area contributed by atoms with Crippen molar-refractivity contribution in [3.8, 4) is 0 Å². The summed E-state index contributed by atoms with van der Waals surface area (Å²) in [5.41, 5.74) is 0. The van der Waals surface area contributed by atoms with Crippen LogP contribution in [0.1, 0.15) is 24.7 Å². The van der Waals surface area contributed by atoms with Crippen molar-refractivity contribution in [2.24, 2.45) is 0 Å². The predicted octanol–water partition coefficient (Wildman–Crippen LogP) is 2.33. The first-order valence-electron chi connectivity index (χ1n) is 4.05. The van der Waals surface area contributed by atoms with Crippen molar-refractivity contribution in [1.82, 2.24) is 4.98 Å². The number of aromatic nitrogens is 1. The molecule has 1 aliphatic rings. The van der Waals surface area contributed by atoms with E-state index in [9.17, 15) is 0 Å². The number of hydrogen-bond donors (Lipinski definition) is 0. The summed E-state index contributed by atoms with van der Waals surface area (Å²) in [6.45, 7) is 1.65. The van der Waals surface area contributed by atoms with E-state index in [1.807, 2.05) is 0 Å². The highest BCUT2D eigenvalue weighted by atomic mass is 79.9. The molecule has 3 nitrogen and oxygen atoms in total. The fourth-order valence-corrected chi connectivity index (χ4v) is 1.67. The van der Waals surface area contributed by atoms with E-state index in [0.717, 1.165) is 31.9 Å². The maximum atomic E-state index is 5.37. The molecule has 0 atom stereocenters. The van der Waals surface area contributed by atoms with Crippen LogP contribution in [0, 0.1) is 0 Å². The van der Waals surface area contributed by atoms with Gasteiger partial charge in [0.1, 0.15) is 0 Å². The first-order chi connectivity index (χ1) is 5.86. The molecular weight excluding hydrogens is 222 g/mol. The van der Waals surface area contributed by atoms with Crippen molar-refractivity contribution in [3.63, 3.8) is 0 Å². The fraction of sp³-hybridized carbons (Fsp3) is 0.625. The average Bonchev–Trinajstić information content (AvgIpc) is 2.54. The second-order valence-corrected chi connectivity index (χ2v) is 3.67. The van der Waals surface area contributed by atoms with Crippen LogP contribution in [0.15, 0.2) is 15.3 Å². The molecule has 1 aromatic rings. The highest BCUT2D eigenvalue weighted by Crippen LogP contribution is 2.27. The van der Waals surface area contributed by atoms with Gasteiger partial charge in [0.25, 0.3) is 0 Å². The largest absolute Gasteiger partial charge is 0.434 e. The van der Waals surface area contributed by atoms with Crippen LogP contribution in [0.25, 0.3) is 0 Å². The molecule has 0 unspecified atom stereocenters. The van der Waals surface area contributed by atoms with Crippen LogP contribution >= 0.6 is 15.9 Å². The molecule has 1 aromatic heterocycles. The summed E-state index contributed by atoms with van der Waals surface area (Å²) >= 11 is 3.24. The molecule has 0 N–H and O–H groups in total. The molecule has 0 amide bonds. The third kappa shape index (κ3) is 1.69. The minimum atomic E-state index is 0.449. The molecule has 0 radical (unpaired) electrons. The van der Waals surface area contributed by atoms with Crippen LogP contribution in [0.4, 0.5) is 0 Å². The molecule has 1 saturated heterocycles. The van der Waals surface area contributed by atoms with E-state index in [1.54, 1.807) is 6.20 Å². The van der Waals surface area contributed by atoms with Gasteiger partial charge in [-0.1, -0.05) is 0 Å². The zero-order chi connectivity index (χ0) is 8.39. The van der Waals surface area contributed by atoms with E-state index in [2.05, 4.69) is 20.9 Å². The maximum absolute atomic E-state index is 5.37. The molecule has 1 fully saturated rings. The van der Waals surface area contributed by atoms with Gasteiger partial charge >= 0.3 is 0 Å². The monoisotopic (exact) mass is 231 g/mol. The van der Waals surface area contributed by atoms with Gasteiger partial charge in [-0.15, -0.1) is 0 Å². The SMILES string of the molecule is Brc1cnc(C2CCOCC2)o1. The predicted molar refractivity (Wildman–Crippen MR) is 47.0 cm³/mol. The minimum Gasteiger partial charge on any atom is -0.434 e. The van der Waals surface area contributed by atoms with Crippen LogP contribution < -0.4 is 0 Å². The summed E-state index contributed by atoms with van der Waals surface area (Å²) in [7, 11) is 0. The van der Waals surface area contributed by atoms with Gasteiger partial charge < -0.3 is 9.15 Å². The highest BCUT2D eigenvalue weighted by Gasteiger charge is 2.20. The fourth-order valence-electron chi connectivity index (χ4n) is 1.40. The summed E-state index contributed by atoms with van der Waals surface area (Å²) in [6, 6.07) is 0. The van der Waals surface area contributed by atoms with Crippen molar-refractivity contribution < 1.29 is 9.15 Å². The first-order valence-corrected chi connectivity index (χ1v) is 4.84. The Morgan fingerprint density at radius 1 is 1.42 bits per heavy atom. The van der Waals surface area contributed by atoms with E-state index < -0.39 is 0 Å². The Balaban J connectivity index is 2.08. The van der Waals surface area contributed by atoms with Crippen molar-refractivity contribution >= 4 is 15.9 Å². The molecule has 1 aliphatic heterocycles. The number of nitrogens with zero attached hydrogens (tertiary/aromatic N) is 1. The number of ether oxygens (including phenoxy) is 1. The number of halogens is 1. The standard InChI is InChI=1S/C8H10BrNO2/c9-7-5-10-8(12-7)6-1-3-11-4-2-6/h5-6H,1-4H2. The van der Waals surface area contributed by atoms with Gasteiger partial charge in [-0.25, -0.2) is 4.98 Å². The Morgan fingerprint density at radius 2 is 2.17 bits per heavy atom. The number of hydrogen-bond acceptors (Lipinski definition) is 3. The van der Waals surface area contributed by atoms with Gasteiger partial charge in [-0.2, -0.15) is 0 Å². The Morgan fingerprint density at radius 3 is 2.75 bits per heavy atom. The molecule has 0 aromatic carbocycles. The van der Waals surface area contributed by atoms with Crippen molar-refractivity contribution in [3.05, 3.63) is 16.8 Å². The van der Waals surface area contributed by atoms with Crippen LogP contribution in [0.5, 0.6) is 0 Å². The molecule has 66 valence electrons. The smallest absolute Gasteiger partial charge is 0.198 e. The zero-order valence-corrected chi connectivity index (χ0v) is 8.21. The zero-order valence-electron chi connectivity index (χ0n) is 6.62. The molecular formula is C8H10BrNO2. The first kappa shape index (κ1) is 8.26. The summed E-state index contributed by atoms with van der Waals surface area (Å²) in [5.74, 6) is 1.29. The van der Waals surface area contributed by atoms with E-state index in [4.69, 9.17) is 9.15 Å². The quantitative estimate of drug-likeness (QED) is 0.745. The summed E-state index contributed by atoms with van der Waals surface area (Å²) in [6.07, 6.45) is 3.74. The number of rotatable bonds is 1. The Kier molecular flexibility index (Phi) is 2.46. The van der Waals surface area contributed by atoms with E-state index >= 15 is 0 Å². The van der Waals surface area contributed by atoms with Crippen molar-refractivity contribution in [1.29, 1.82) is 0 Å². The molecule has 2 heterocycles. The second-order valence-electron chi connectivity index (χ2n) is 2.89. The van der Waals surface area contributed by atoms with Crippen LogP contribution in [0.3, 0.4) is 0 Å². The molecule has 0 bridgehead atoms. The lowest BCUT2D eigenvalue weighted by atomic mass is 10.0. The van der Waals surface area contributed by atoms with Gasteiger partial charge in [0.05, 0.1) is 6.20 Å². The lowest BCUT2D eigenvalue weighted by Gasteiger charge is -2.18. The van der Waals surface area contributed by atoms with Crippen LogP contribution in [-0.4, -0.2) is 18.2 Å². The molecule has 4 heteroatoms. The topological polar surface area (TPSA) is 35.3 Å². The second kappa shape index (κ2) is 3.58. The minimum absolute atomic E-state index is 0.449. The number of oxazole rings is 1. The molecule has 0 aliphatic carbocycles. The van der Waals surface area contributed by atoms with Gasteiger partial charge in [0.15, 0.2) is 10.6 Å². The lowest BCUT2D eigenvalue weighted by molar-refractivity contribution is 0.0792. The summed E-state index contributed by atoms with van der Waals surface area (Å²) < 4.78 is 11.3. The summed E-state index contributed by atoms with van der Waals surface area (Å²) in [5, 5.41) is 0. The Labute approximate surface area is 79.2 Å². The lowest BCUT2D eigenvalue weighted by Crippen LogP contribution is -2.14. The average molecular weight is 232 g/mol. The van der Waals surface area contributed by atoms with Gasteiger partial charge in [0.2, 0.25) is 0 Å². The van der Waals surface area contributed by atoms with Crippen molar-refractivity contribution in [2.45, 2.75) is 18.8 Å². The van der Waals surface area contributed by atoms with Gasteiger partial charge in [0, 0.05) is 19.1 Å². The van der Waals surface area contributed by atoms with Gasteiger partial charge in [-0.3, -0.25) is 0 Å². The van der Waals surface area contributed by atoms with Crippen molar-refractivity contribution in [2.75, 3.05) is 13.2 Å². The van der Waals surface area contributed by atoms with E-state index in [0.29, 0.717) is 10.6 Å².